The lowest BCUT2D eigenvalue weighted by Crippen LogP contribution is -2.36. The first-order chi connectivity index (χ1) is 21.8. The topological polar surface area (TPSA) is 111 Å². The summed E-state index contributed by atoms with van der Waals surface area (Å²) < 4.78 is 11.5. The molecule has 2 atom stereocenters. The highest BCUT2D eigenvalue weighted by atomic mass is 16.5. The molecule has 0 bridgehead atoms. The second kappa shape index (κ2) is 11.3. The van der Waals surface area contributed by atoms with Crippen LogP contribution in [-0.2, 0) is 19.1 Å². The third-order valence-corrected chi connectivity index (χ3v) is 8.56. The molecule has 6 rings (SSSR count). The first kappa shape index (κ1) is 30.8. The monoisotopic (exact) mass is 614 g/mol. The van der Waals surface area contributed by atoms with E-state index in [4.69, 9.17) is 9.47 Å². The third-order valence-electron chi connectivity index (χ3n) is 8.56. The van der Waals surface area contributed by atoms with Crippen molar-refractivity contribution in [2.75, 3.05) is 0 Å². The molecule has 8 nitrogen and oxygen atoms in total. The van der Waals surface area contributed by atoms with Gasteiger partial charge >= 0.3 is 11.9 Å². The Morgan fingerprint density at radius 1 is 0.522 bits per heavy atom. The molecule has 0 N–H and O–H groups in total. The van der Waals surface area contributed by atoms with Gasteiger partial charge in [0, 0.05) is 22.3 Å². The first-order valence-corrected chi connectivity index (χ1v) is 15.2. The molecule has 0 amide bonds. The SMILES string of the molecule is CC(OC(=O)C(C)(C)N=NC(C)(C)C(=O)OC(C)c1ccc2c(c1)C(=O)c1ccccc1-2)c1ccc2c(c1)C(=O)c1ccccc1-2. The summed E-state index contributed by atoms with van der Waals surface area (Å²) in [5, 5.41) is 8.41. The quantitative estimate of drug-likeness (QED) is 0.127. The fourth-order valence-corrected chi connectivity index (χ4v) is 5.67. The van der Waals surface area contributed by atoms with Crippen molar-refractivity contribution in [1.29, 1.82) is 0 Å². The van der Waals surface area contributed by atoms with Crippen LogP contribution in [0.1, 0.15) is 96.7 Å². The minimum atomic E-state index is -1.41. The number of carbonyl (C=O) groups excluding carboxylic acids is 4. The molecule has 0 heterocycles. The van der Waals surface area contributed by atoms with E-state index in [9.17, 15) is 19.2 Å². The zero-order valence-corrected chi connectivity index (χ0v) is 26.6. The van der Waals surface area contributed by atoms with Crippen LogP contribution in [0.4, 0.5) is 0 Å². The minimum absolute atomic E-state index is 0.0567. The van der Waals surface area contributed by atoms with Gasteiger partial charge in [-0.1, -0.05) is 72.8 Å². The van der Waals surface area contributed by atoms with E-state index in [0.717, 1.165) is 22.3 Å². The summed E-state index contributed by atoms with van der Waals surface area (Å²) in [7, 11) is 0. The van der Waals surface area contributed by atoms with E-state index in [0.29, 0.717) is 33.4 Å². The zero-order chi connectivity index (χ0) is 33.0. The lowest BCUT2D eigenvalue weighted by atomic mass is 10.0. The van der Waals surface area contributed by atoms with Crippen molar-refractivity contribution in [3.63, 3.8) is 0 Å². The van der Waals surface area contributed by atoms with E-state index in [1.165, 1.54) is 0 Å². The molecule has 4 aromatic rings. The number of ketones is 2. The molecule has 0 aromatic heterocycles. The predicted octanol–water partition coefficient (Wildman–Crippen LogP) is 8.03. The molecule has 4 aromatic carbocycles. The Labute approximate surface area is 267 Å². The van der Waals surface area contributed by atoms with Gasteiger partial charge in [-0.05, 0) is 87.1 Å². The summed E-state index contributed by atoms with van der Waals surface area (Å²) in [5.74, 6) is -1.39. The minimum Gasteiger partial charge on any atom is -0.456 e. The van der Waals surface area contributed by atoms with E-state index >= 15 is 0 Å². The molecule has 0 aliphatic heterocycles. The summed E-state index contributed by atoms with van der Waals surface area (Å²) >= 11 is 0. The lowest BCUT2D eigenvalue weighted by Gasteiger charge is -2.24. The van der Waals surface area contributed by atoms with Gasteiger partial charge in [0.2, 0.25) is 0 Å². The van der Waals surface area contributed by atoms with Crippen LogP contribution in [0.2, 0.25) is 0 Å². The molecule has 0 saturated heterocycles. The van der Waals surface area contributed by atoms with Gasteiger partial charge in [0.15, 0.2) is 22.6 Å². The van der Waals surface area contributed by atoms with Gasteiger partial charge in [0.1, 0.15) is 12.2 Å². The van der Waals surface area contributed by atoms with Crippen LogP contribution in [0.25, 0.3) is 22.3 Å². The highest BCUT2D eigenvalue weighted by Gasteiger charge is 2.36. The van der Waals surface area contributed by atoms with Gasteiger partial charge in [-0.3, -0.25) is 9.59 Å². The Morgan fingerprint density at radius 2 is 0.848 bits per heavy atom. The van der Waals surface area contributed by atoms with Gasteiger partial charge in [0.05, 0.1) is 0 Å². The average molecular weight is 615 g/mol. The summed E-state index contributed by atoms with van der Waals surface area (Å²) in [6.45, 7) is 9.67. The molecule has 0 saturated carbocycles. The van der Waals surface area contributed by atoms with Gasteiger partial charge in [-0.15, -0.1) is 0 Å². The number of azo groups is 1. The number of carbonyl (C=O) groups is 4. The molecule has 2 aliphatic carbocycles. The molecule has 0 radical (unpaired) electrons. The van der Waals surface area contributed by atoms with E-state index in [2.05, 4.69) is 10.2 Å². The van der Waals surface area contributed by atoms with Crippen molar-refractivity contribution in [1.82, 2.24) is 0 Å². The summed E-state index contributed by atoms with van der Waals surface area (Å²) in [5.41, 5.74) is 4.50. The first-order valence-electron chi connectivity index (χ1n) is 15.2. The summed E-state index contributed by atoms with van der Waals surface area (Å²) in [6, 6.07) is 25.9. The van der Waals surface area contributed by atoms with Crippen LogP contribution in [0, 0.1) is 0 Å². The van der Waals surface area contributed by atoms with Crippen molar-refractivity contribution < 1.29 is 28.7 Å². The highest BCUT2D eigenvalue weighted by Crippen LogP contribution is 2.39. The van der Waals surface area contributed by atoms with Crippen molar-refractivity contribution in [2.45, 2.75) is 64.8 Å². The molecule has 0 fully saturated rings. The number of benzene rings is 4. The van der Waals surface area contributed by atoms with E-state index < -0.39 is 35.2 Å². The Balaban J connectivity index is 1.10. The van der Waals surface area contributed by atoms with E-state index in [-0.39, 0.29) is 11.6 Å². The second-order valence-corrected chi connectivity index (χ2v) is 12.8. The Kier molecular flexibility index (Phi) is 7.55. The molecule has 2 unspecified atom stereocenters. The second-order valence-electron chi connectivity index (χ2n) is 12.8. The average Bonchev–Trinajstić information content (AvgIpc) is 3.50. The fourth-order valence-electron chi connectivity index (χ4n) is 5.67. The Hall–Kier alpha value is -5.24. The molecule has 46 heavy (non-hydrogen) atoms. The number of nitrogens with zero attached hydrogens (tertiary/aromatic N) is 2. The fraction of sp³-hybridized carbons (Fsp3) is 0.263. The van der Waals surface area contributed by atoms with Gasteiger partial charge in [0.25, 0.3) is 0 Å². The maximum absolute atomic E-state index is 13.2. The van der Waals surface area contributed by atoms with Crippen LogP contribution < -0.4 is 0 Å². The smallest absolute Gasteiger partial charge is 0.335 e. The Morgan fingerprint density at radius 3 is 1.22 bits per heavy atom. The Bertz CT molecular complexity index is 1830. The molecule has 0 spiro atoms. The summed E-state index contributed by atoms with van der Waals surface area (Å²) in [4.78, 5) is 52.3. The third kappa shape index (κ3) is 5.34. The summed E-state index contributed by atoms with van der Waals surface area (Å²) in [6.07, 6.45) is -1.32. The van der Waals surface area contributed by atoms with Crippen molar-refractivity contribution in [3.8, 4) is 22.3 Å². The number of esters is 2. The zero-order valence-electron chi connectivity index (χ0n) is 26.6. The maximum Gasteiger partial charge on any atom is 0.335 e. The molecular weight excluding hydrogens is 580 g/mol. The number of hydrogen-bond acceptors (Lipinski definition) is 8. The van der Waals surface area contributed by atoms with E-state index in [1.807, 2.05) is 60.7 Å². The van der Waals surface area contributed by atoms with Crippen LogP contribution >= 0.6 is 0 Å². The van der Waals surface area contributed by atoms with Crippen LogP contribution in [-0.4, -0.2) is 34.6 Å². The van der Waals surface area contributed by atoms with Gasteiger partial charge in [-0.2, -0.15) is 10.2 Å². The molecule has 232 valence electrons. The maximum atomic E-state index is 13.2. The number of fused-ring (bicyclic) bond motifs is 6. The van der Waals surface area contributed by atoms with Crippen LogP contribution in [0.5, 0.6) is 0 Å². The van der Waals surface area contributed by atoms with Crippen LogP contribution in [0.15, 0.2) is 95.2 Å². The number of ether oxygens (including phenoxy) is 2. The largest absolute Gasteiger partial charge is 0.456 e. The van der Waals surface area contributed by atoms with Gasteiger partial charge < -0.3 is 9.47 Å². The number of rotatable bonds is 8. The standard InChI is InChI=1S/C38H34N2O6/c1-21(23-15-17-27-25-11-7-9-13-29(25)33(41)31(27)19-23)45-35(43)37(3,4)39-40-38(5,6)36(44)46-22(2)24-16-18-28-26-12-8-10-14-30(26)34(42)32(28)20-24/h7-22H,1-6H3. The normalized spacial score (nSPS) is 14.7. The molecule has 2 aliphatic rings. The molecular formula is C38H34N2O6. The van der Waals surface area contributed by atoms with Crippen molar-refractivity contribution in [3.05, 3.63) is 118 Å². The highest BCUT2D eigenvalue weighted by molar-refractivity contribution is 6.22. The van der Waals surface area contributed by atoms with Crippen LogP contribution in [0.3, 0.4) is 0 Å². The predicted molar refractivity (Wildman–Crippen MR) is 173 cm³/mol. The van der Waals surface area contributed by atoms with Gasteiger partial charge in [-0.25, -0.2) is 9.59 Å². The van der Waals surface area contributed by atoms with Crippen molar-refractivity contribution in [2.24, 2.45) is 10.2 Å². The lowest BCUT2D eigenvalue weighted by molar-refractivity contribution is -0.156. The molecule has 8 heteroatoms. The number of hydrogen-bond donors (Lipinski definition) is 0. The van der Waals surface area contributed by atoms with E-state index in [1.54, 1.807) is 65.8 Å². The van der Waals surface area contributed by atoms with Crippen molar-refractivity contribution >= 4 is 23.5 Å².